The van der Waals surface area contributed by atoms with Crippen molar-refractivity contribution in [2.75, 3.05) is 18.4 Å². The first-order chi connectivity index (χ1) is 23.1. The lowest BCUT2D eigenvalue weighted by atomic mass is 10.2. The molecular weight excluding hydrogens is 630 g/mol. The summed E-state index contributed by atoms with van der Waals surface area (Å²) in [4.78, 5) is 50.3. The number of carbonyl (C=O) groups is 3. The number of carbonyl (C=O) groups excluding carboxylic acids is 3. The number of halogens is 1. The van der Waals surface area contributed by atoms with Gasteiger partial charge in [-0.25, -0.2) is 4.39 Å². The summed E-state index contributed by atoms with van der Waals surface area (Å²) in [6.45, 7) is 5.00. The summed E-state index contributed by atoms with van der Waals surface area (Å²) in [6, 6.07) is 14.8. The normalized spacial score (nSPS) is 20.2. The molecule has 2 aliphatic carbocycles. The maximum atomic E-state index is 13.0. The Labute approximate surface area is 286 Å². The highest BCUT2D eigenvalue weighted by Gasteiger charge is 2.44. The van der Waals surface area contributed by atoms with Crippen LogP contribution in [0.3, 0.4) is 0 Å². The number of rotatable bonds is 12. The monoisotopic (exact) mass is 677 g/mol. The van der Waals surface area contributed by atoms with Crippen LogP contribution in [0.15, 0.2) is 77.7 Å². The van der Waals surface area contributed by atoms with Crippen LogP contribution in [0.1, 0.15) is 71.6 Å². The molecule has 9 nitrogen and oxygen atoms in total. The fourth-order valence-electron chi connectivity index (χ4n) is 5.41. The van der Waals surface area contributed by atoms with Gasteiger partial charge in [0.1, 0.15) is 11.9 Å². The maximum Gasteiger partial charge on any atom is 0.255 e. The number of unbranched alkanes of at least 4 members (excludes halogenated alkanes) is 3. The summed E-state index contributed by atoms with van der Waals surface area (Å²) in [7, 11) is 0. The van der Waals surface area contributed by atoms with Gasteiger partial charge in [0.25, 0.3) is 5.56 Å². The third kappa shape index (κ3) is 11.5. The van der Waals surface area contributed by atoms with Crippen molar-refractivity contribution in [1.29, 1.82) is 0 Å². The zero-order chi connectivity index (χ0) is 34.5. The molecule has 5 N–H and O–H groups in total. The first-order valence-electron chi connectivity index (χ1n) is 16.9. The number of anilines is 1. The van der Waals surface area contributed by atoms with E-state index in [1.807, 2.05) is 30.3 Å². The molecule has 258 valence electrons. The Kier molecular flexibility index (Phi) is 13.7. The van der Waals surface area contributed by atoms with Gasteiger partial charge in [-0.1, -0.05) is 56.2 Å². The molecule has 0 unspecified atom stereocenters. The third-order valence-corrected chi connectivity index (χ3v) is 9.94. The van der Waals surface area contributed by atoms with Crippen LogP contribution in [0.5, 0.6) is 0 Å². The van der Waals surface area contributed by atoms with E-state index in [0.29, 0.717) is 29.3 Å². The smallest absolute Gasteiger partial charge is 0.255 e. The molecule has 2 saturated carbocycles. The molecular formula is C37H48FN5O4S. The standard InChI is InChI=1S/C15H25NOS.C13H16FN3O2.C9H7NO/c1-3-4-5-6-7-8-12-11-13(12)14(17)16-18-15(2)9-10-15;14-9-3-1-4-10(7-9)16-8-12(18)17-6-2-5-11(17)13(15)19;11-9-8-4-2-1-3-7(8)5-6-10-9/h7-8,12-13H,3-6,9-11H2,1-2H3,(H,16,17);1,3-4,7,11,16H,2,5-6,8H2,(H2,15,19);1-6H,(H,10,11)/b8-7-;;/t12-,13+;11-;/m10./s1. The van der Waals surface area contributed by atoms with Gasteiger partial charge < -0.3 is 20.9 Å². The quantitative estimate of drug-likeness (QED) is 0.101. The minimum Gasteiger partial charge on any atom is -0.376 e. The molecule has 3 atom stereocenters. The van der Waals surface area contributed by atoms with Gasteiger partial charge >= 0.3 is 0 Å². The average Bonchev–Trinajstić information content (AvgIpc) is 3.97. The lowest BCUT2D eigenvalue weighted by Crippen LogP contribution is -2.45. The number of allylic oxidation sites excluding steroid dienone is 2. The Morgan fingerprint density at radius 2 is 1.92 bits per heavy atom. The summed E-state index contributed by atoms with van der Waals surface area (Å²) in [6.07, 6.45) is 16.1. The number of benzene rings is 2. The summed E-state index contributed by atoms with van der Waals surface area (Å²) in [5.74, 6) is -0.0337. The highest BCUT2D eigenvalue weighted by molar-refractivity contribution is 7.99. The Bertz CT molecular complexity index is 1620. The van der Waals surface area contributed by atoms with Crippen LogP contribution in [0.4, 0.5) is 10.1 Å². The molecule has 48 heavy (non-hydrogen) atoms. The van der Waals surface area contributed by atoms with E-state index in [-0.39, 0.29) is 35.7 Å². The number of pyridine rings is 1. The summed E-state index contributed by atoms with van der Waals surface area (Å²) >= 11 is 1.63. The van der Waals surface area contributed by atoms with Crippen LogP contribution in [-0.2, 0) is 14.4 Å². The summed E-state index contributed by atoms with van der Waals surface area (Å²) in [5.41, 5.74) is 5.76. The molecule has 2 heterocycles. The molecule has 3 aliphatic rings. The van der Waals surface area contributed by atoms with Crippen LogP contribution in [0.2, 0.25) is 0 Å². The van der Waals surface area contributed by atoms with Crippen molar-refractivity contribution < 1.29 is 18.8 Å². The number of likely N-dealkylation sites (tertiary alicyclic amines) is 1. The molecule has 3 aromatic rings. The maximum absolute atomic E-state index is 13.0. The van der Waals surface area contributed by atoms with Crippen molar-refractivity contribution in [2.24, 2.45) is 17.6 Å². The lowest BCUT2D eigenvalue weighted by molar-refractivity contribution is -0.135. The molecule has 6 rings (SSSR count). The van der Waals surface area contributed by atoms with Gasteiger partial charge in [-0.05, 0) is 105 Å². The predicted molar refractivity (Wildman–Crippen MR) is 192 cm³/mol. The highest BCUT2D eigenvalue weighted by atomic mass is 32.2. The molecule has 3 fully saturated rings. The van der Waals surface area contributed by atoms with Crippen molar-refractivity contribution in [3.8, 4) is 0 Å². The number of H-pyrrole nitrogens is 1. The predicted octanol–water partition coefficient (Wildman–Crippen LogP) is 6.32. The third-order valence-electron chi connectivity index (χ3n) is 8.74. The van der Waals surface area contributed by atoms with Gasteiger partial charge in [0.05, 0.1) is 6.54 Å². The van der Waals surface area contributed by atoms with E-state index >= 15 is 0 Å². The largest absolute Gasteiger partial charge is 0.376 e. The second kappa shape index (κ2) is 17.9. The topological polar surface area (TPSA) is 137 Å². The van der Waals surface area contributed by atoms with Crippen molar-refractivity contribution in [1.82, 2.24) is 14.6 Å². The Morgan fingerprint density at radius 1 is 1.12 bits per heavy atom. The van der Waals surface area contributed by atoms with Gasteiger partial charge in [0.15, 0.2) is 0 Å². The van der Waals surface area contributed by atoms with Gasteiger partial charge in [0, 0.05) is 34.5 Å². The van der Waals surface area contributed by atoms with Crippen LogP contribution >= 0.6 is 11.9 Å². The molecule has 11 heteroatoms. The number of primary amides is 1. The van der Waals surface area contributed by atoms with Crippen molar-refractivity contribution in [3.63, 3.8) is 0 Å². The fourth-order valence-corrected chi connectivity index (χ4v) is 6.22. The zero-order valence-corrected chi connectivity index (χ0v) is 28.7. The van der Waals surface area contributed by atoms with Crippen LogP contribution in [-0.4, -0.2) is 51.5 Å². The lowest BCUT2D eigenvalue weighted by Gasteiger charge is -2.22. The number of amides is 3. The van der Waals surface area contributed by atoms with Gasteiger partial charge in [-0.3, -0.25) is 23.9 Å². The van der Waals surface area contributed by atoms with Crippen LogP contribution in [0.25, 0.3) is 10.8 Å². The number of aromatic amines is 1. The van der Waals surface area contributed by atoms with Gasteiger partial charge in [0.2, 0.25) is 17.7 Å². The Hall–Kier alpha value is -4.12. The van der Waals surface area contributed by atoms with E-state index in [4.69, 9.17) is 5.73 Å². The molecule has 2 aromatic carbocycles. The molecule has 1 aromatic heterocycles. The van der Waals surface area contributed by atoms with E-state index < -0.39 is 11.9 Å². The van der Waals surface area contributed by atoms with E-state index in [1.54, 1.807) is 30.3 Å². The number of hydrogen-bond acceptors (Lipinski definition) is 6. The van der Waals surface area contributed by atoms with E-state index in [0.717, 1.165) is 23.6 Å². The average molecular weight is 678 g/mol. The van der Waals surface area contributed by atoms with E-state index in [2.05, 4.69) is 41.0 Å². The number of nitrogens with two attached hydrogens (primary N) is 1. The number of nitrogens with one attached hydrogen (secondary N) is 3. The zero-order valence-electron chi connectivity index (χ0n) is 27.9. The van der Waals surface area contributed by atoms with Gasteiger partial charge in [-0.15, -0.1) is 0 Å². The Morgan fingerprint density at radius 3 is 2.62 bits per heavy atom. The van der Waals surface area contributed by atoms with Crippen molar-refractivity contribution >= 4 is 46.1 Å². The first-order valence-corrected chi connectivity index (χ1v) is 17.7. The van der Waals surface area contributed by atoms with E-state index in [1.165, 1.54) is 55.6 Å². The Balaban J connectivity index is 0.000000168. The minimum atomic E-state index is -0.512. The first kappa shape index (κ1) is 36.7. The number of hydrogen-bond donors (Lipinski definition) is 4. The number of nitrogens with zero attached hydrogens (tertiary/aromatic N) is 1. The van der Waals surface area contributed by atoms with Crippen molar-refractivity contribution in [3.05, 3.63) is 89.1 Å². The second-order valence-electron chi connectivity index (χ2n) is 12.9. The SMILES string of the molecule is CCCCC/C=C\[C@@H]1C[C@@H]1C(=O)NSC1(C)CC1.NC(=O)[C@@H]1CCCN1C(=O)CNc1cccc(F)c1.O=c1[nH]ccc2ccccc12. The number of aromatic nitrogens is 1. The van der Waals surface area contributed by atoms with Crippen LogP contribution in [0, 0.1) is 17.7 Å². The molecule has 3 amide bonds. The highest BCUT2D eigenvalue weighted by Crippen LogP contribution is 2.47. The molecule has 1 saturated heterocycles. The molecule has 0 spiro atoms. The molecule has 1 aliphatic heterocycles. The van der Waals surface area contributed by atoms with Crippen molar-refractivity contribution in [2.45, 2.75) is 82.4 Å². The number of fused-ring (bicyclic) bond motifs is 1. The second-order valence-corrected chi connectivity index (χ2v) is 14.2. The van der Waals surface area contributed by atoms with Gasteiger partial charge in [-0.2, -0.15) is 0 Å². The van der Waals surface area contributed by atoms with E-state index in [9.17, 15) is 23.6 Å². The fraction of sp³-hybridized carbons (Fsp3) is 0.459. The van der Waals surface area contributed by atoms with Crippen LogP contribution < -0.4 is 21.3 Å². The minimum absolute atomic E-state index is 0.0211. The molecule has 0 bridgehead atoms. The summed E-state index contributed by atoms with van der Waals surface area (Å²) in [5, 5.41) is 4.57. The summed E-state index contributed by atoms with van der Waals surface area (Å²) < 4.78 is 16.3. The molecule has 0 radical (unpaired) electrons.